The quantitative estimate of drug-likeness (QED) is 0.0279. The van der Waals surface area contributed by atoms with Crippen LogP contribution in [0.25, 0.3) is 0 Å². The molecular formula is C60H86O10. The summed E-state index contributed by atoms with van der Waals surface area (Å²) in [6.07, 6.45) is 36.5. The first kappa shape index (κ1) is 62.7. The molecule has 4 N–H and O–H groups in total. The summed E-state index contributed by atoms with van der Waals surface area (Å²) in [5.74, 6) is 14.3. The fraction of sp³-hybridized carbons (Fsp3) is 0.667. The Hall–Kier alpha value is -5.32. The van der Waals surface area contributed by atoms with Gasteiger partial charge in [0.2, 0.25) is 0 Å². The molecule has 386 valence electrons. The van der Waals surface area contributed by atoms with E-state index in [0.717, 1.165) is 77.0 Å². The highest BCUT2D eigenvalue weighted by atomic mass is 16.4. The Bertz CT molecular complexity index is 1800. The fourth-order valence-corrected chi connectivity index (χ4v) is 8.65. The minimum atomic E-state index is -1.95. The van der Waals surface area contributed by atoms with Crippen LogP contribution in [0, 0.1) is 47.4 Å². The zero-order chi connectivity index (χ0) is 51.5. The number of unbranched alkanes of at least 4 members (excludes halogenated alkanes) is 32. The number of carbonyl (C=O) groups is 6. The number of carboxylic acids is 4. The molecule has 1 rings (SSSR count). The van der Waals surface area contributed by atoms with E-state index in [9.17, 15) is 49.2 Å². The number of carboxylic acid groups (broad SMARTS) is 4. The van der Waals surface area contributed by atoms with Crippen molar-refractivity contribution < 1.29 is 49.2 Å². The molecule has 10 nitrogen and oxygen atoms in total. The second kappa shape index (κ2) is 42.5. The van der Waals surface area contributed by atoms with Gasteiger partial charge in [-0.3, -0.25) is 9.59 Å². The number of benzene rings is 1. The summed E-state index contributed by atoms with van der Waals surface area (Å²) < 4.78 is 0. The monoisotopic (exact) mass is 967 g/mol. The fourth-order valence-electron chi connectivity index (χ4n) is 8.65. The second-order valence-electron chi connectivity index (χ2n) is 18.6. The van der Waals surface area contributed by atoms with Crippen LogP contribution in [0.3, 0.4) is 0 Å². The molecule has 0 aromatic heterocycles. The standard InChI is InChI=1S/C60H86O10/c1-3-5-7-9-11-13-15-17-19-21-23-25-27-29-31-33-35-37-39-41-43-45-47-49(61)51-53(57(63)64)55(59(67)68)52(56(60(69)70)54(51)58(65)66)50(62)48-46-44-42-40-38-36-34-32-30-28-26-24-22-20-18-16-14-12-10-8-6-4-2/h3-24,33-48H2,1-2H3,(H,63,64)(H,65,66)(H,67,68)(H,69,70). The SMILES string of the molecule is CCCCCCCCCCCCC#CC#CCCCCCCCCC(=O)c1c(C(=O)O)c(C(=O)O)c(C(=O)CCCCCCCCC#CC#CCCCCCCCCCCCC)c(C(=O)O)c1C(=O)O. The average molecular weight is 967 g/mol. The van der Waals surface area contributed by atoms with Crippen LogP contribution in [0.2, 0.25) is 0 Å². The lowest BCUT2D eigenvalue weighted by Gasteiger charge is -2.19. The van der Waals surface area contributed by atoms with Crippen molar-refractivity contribution in [3.63, 3.8) is 0 Å². The van der Waals surface area contributed by atoms with Crippen molar-refractivity contribution in [2.75, 3.05) is 0 Å². The number of hydrogen-bond acceptors (Lipinski definition) is 6. The minimum Gasteiger partial charge on any atom is -0.478 e. The Labute approximate surface area is 421 Å². The van der Waals surface area contributed by atoms with Gasteiger partial charge in [-0.2, -0.15) is 0 Å². The second-order valence-corrected chi connectivity index (χ2v) is 18.6. The third-order valence-corrected chi connectivity index (χ3v) is 12.6. The highest BCUT2D eigenvalue weighted by Crippen LogP contribution is 2.33. The molecule has 0 spiro atoms. The molecule has 0 fully saturated rings. The Morgan fingerprint density at radius 1 is 0.271 bits per heavy atom. The third kappa shape index (κ3) is 29.0. The Balaban J connectivity index is 2.61. The van der Waals surface area contributed by atoms with Crippen LogP contribution >= 0.6 is 0 Å². The molecule has 0 atom stereocenters. The Morgan fingerprint density at radius 2 is 0.457 bits per heavy atom. The molecule has 0 aliphatic carbocycles. The van der Waals surface area contributed by atoms with Gasteiger partial charge in [-0.05, 0) is 62.2 Å². The zero-order valence-electron chi connectivity index (χ0n) is 43.1. The largest absolute Gasteiger partial charge is 0.478 e. The number of hydrogen-bond donors (Lipinski definition) is 4. The number of aromatic carboxylic acids is 4. The first-order chi connectivity index (χ1) is 34.0. The molecule has 0 bridgehead atoms. The summed E-state index contributed by atoms with van der Waals surface area (Å²) in [6, 6.07) is 0. The predicted molar refractivity (Wildman–Crippen MR) is 281 cm³/mol. The highest BCUT2D eigenvalue weighted by molar-refractivity contribution is 6.25. The molecule has 0 saturated carbocycles. The van der Waals surface area contributed by atoms with Crippen LogP contribution in [0.15, 0.2) is 0 Å². The van der Waals surface area contributed by atoms with Crippen molar-refractivity contribution in [1.29, 1.82) is 0 Å². The maximum atomic E-state index is 13.6. The van der Waals surface area contributed by atoms with Crippen LogP contribution in [0.1, 0.15) is 320 Å². The van der Waals surface area contributed by atoms with Gasteiger partial charge in [0, 0.05) is 49.7 Å². The van der Waals surface area contributed by atoms with E-state index in [0.29, 0.717) is 25.7 Å². The van der Waals surface area contributed by atoms with Crippen LogP contribution in [-0.4, -0.2) is 55.9 Å². The lowest BCUT2D eigenvalue weighted by Crippen LogP contribution is -2.28. The molecule has 0 heterocycles. The average Bonchev–Trinajstić information content (AvgIpc) is 3.33. The van der Waals surface area contributed by atoms with E-state index in [-0.39, 0.29) is 25.7 Å². The van der Waals surface area contributed by atoms with Gasteiger partial charge in [-0.1, -0.05) is 204 Å². The molecule has 10 heteroatoms. The topological polar surface area (TPSA) is 183 Å². The molecule has 1 aromatic carbocycles. The number of rotatable bonds is 42. The predicted octanol–water partition coefficient (Wildman–Crippen LogP) is 15.7. The summed E-state index contributed by atoms with van der Waals surface area (Å²) in [7, 11) is 0. The van der Waals surface area contributed by atoms with E-state index < -0.39 is 68.8 Å². The molecule has 0 aliphatic heterocycles. The van der Waals surface area contributed by atoms with Crippen LogP contribution < -0.4 is 0 Å². The summed E-state index contributed by atoms with van der Waals surface area (Å²) >= 11 is 0. The lowest BCUT2D eigenvalue weighted by atomic mass is 9.81. The van der Waals surface area contributed by atoms with E-state index >= 15 is 0 Å². The number of ketones is 2. The zero-order valence-corrected chi connectivity index (χ0v) is 43.1. The van der Waals surface area contributed by atoms with Crippen LogP contribution in [0.5, 0.6) is 0 Å². The van der Waals surface area contributed by atoms with Crippen molar-refractivity contribution >= 4 is 35.4 Å². The van der Waals surface area contributed by atoms with Gasteiger partial charge in [0.1, 0.15) is 0 Å². The first-order valence-electron chi connectivity index (χ1n) is 27.2. The van der Waals surface area contributed by atoms with Crippen molar-refractivity contribution in [1.82, 2.24) is 0 Å². The van der Waals surface area contributed by atoms with Crippen molar-refractivity contribution in [2.24, 2.45) is 0 Å². The molecule has 0 amide bonds. The molecule has 0 unspecified atom stereocenters. The van der Waals surface area contributed by atoms with E-state index in [2.05, 4.69) is 61.2 Å². The van der Waals surface area contributed by atoms with Crippen molar-refractivity contribution in [3.8, 4) is 47.4 Å². The van der Waals surface area contributed by atoms with Gasteiger partial charge in [0.25, 0.3) is 0 Å². The normalized spacial score (nSPS) is 10.4. The Kier molecular flexibility index (Phi) is 38.1. The smallest absolute Gasteiger partial charge is 0.337 e. The third-order valence-electron chi connectivity index (χ3n) is 12.6. The minimum absolute atomic E-state index is 0.235. The van der Waals surface area contributed by atoms with Gasteiger partial charge >= 0.3 is 23.9 Å². The molecule has 0 aliphatic rings. The van der Waals surface area contributed by atoms with Gasteiger partial charge < -0.3 is 20.4 Å². The number of carbonyl (C=O) groups excluding carboxylic acids is 2. The Morgan fingerprint density at radius 3 is 0.657 bits per heavy atom. The van der Waals surface area contributed by atoms with Gasteiger partial charge in [0.15, 0.2) is 11.6 Å². The molecular weight excluding hydrogens is 881 g/mol. The summed E-state index contributed by atoms with van der Waals surface area (Å²) in [5.41, 5.74) is -6.77. The van der Waals surface area contributed by atoms with E-state index in [4.69, 9.17) is 0 Å². The highest BCUT2D eigenvalue weighted by Gasteiger charge is 2.39. The molecule has 0 saturated heterocycles. The van der Waals surface area contributed by atoms with Crippen LogP contribution in [-0.2, 0) is 0 Å². The maximum Gasteiger partial charge on any atom is 0.337 e. The summed E-state index contributed by atoms with van der Waals surface area (Å²) in [5, 5.41) is 40.8. The number of Topliss-reactive ketones (excluding diaryl/α,β-unsaturated/α-hetero) is 2. The van der Waals surface area contributed by atoms with Crippen LogP contribution in [0.4, 0.5) is 0 Å². The van der Waals surface area contributed by atoms with E-state index in [1.165, 1.54) is 116 Å². The first-order valence-corrected chi connectivity index (χ1v) is 27.2. The summed E-state index contributed by atoms with van der Waals surface area (Å²) in [4.78, 5) is 77.6. The van der Waals surface area contributed by atoms with E-state index in [1.807, 2.05) is 0 Å². The summed E-state index contributed by atoms with van der Waals surface area (Å²) in [6.45, 7) is 4.48. The maximum absolute atomic E-state index is 13.6. The van der Waals surface area contributed by atoms with Gasteiger partial charge in [0.05, 0.1) is 22.3 Å². The molecule has 0 radical (unpaired) electrons. The van der Waals surface area contributed by atoms with Gasteiger partial charge in [-0.25, -0.2) is 19.2 Å². The van der Waals surface area contributed by atoms with Crippen molar-refractivity contribution in [3.05, 3.63) is 33.4 Å². The van der Waals surface area contributed by atoms with E-state index in [1.54, 1.807) is 0 Å². The molecule has 70 heavy (non-hydrogen) atoms. The lowest BCUT2D eigenvalue weighted by molar-refractivity contribution is 0.0628. The van der Waals surface area contributed by atoms with Gasteiger partial charge in [-0.15, -0.1) is 0 Å². The van der Waals surface area contributed by atoms with Crippen molar-refractivity contribution in [2.45, 2.75) is 258 Å². The molecule has 1 aromatic rings.